The predicted octanol–water partition coefficient (Wildman–Crippen LogP) is 14.7. The lowest BCUT2D eigenvalue weighted by Crippen LogP contribution is -2.05. The Morgan fingerprint density at radius 2 is 0.902 bits per heavy atom. The van der Waals surface area contributed by atoms with Crippen molar-refractivity contribution in [3.05, 3.63) is 205 Å². The van der Waals surface area contributed by atoms with Gasteiger partial charge in [-0.05, 0) is 67.6 Å². The average Bonchev–Trinajstić information content (AvgIpc) is 3.81. The van der Waals surface area contributed by atoms with E-state index in [1.807, 2.05) is 84.9 Å². The van der Waals surface area contributed by atoms with E-state index in [4.69, 9.17) is 9.97 Å². The van der Waals surface area contributed by atoms with Crippen LogP contribution in [0.25, 0.3) is 100 Å². The topological polar surface area (TPSA) is 35.6 Å². The van der Waals surface area contributed by atoms with Crippen molar-refractivity contribution >= 4 is 43.6 Å². The SMILES string of the molecule is Cc1ccc2c(c1)c1ccccc1n2-c1cc(-c2nc(-c3ccccc3)cc(-c3ccccc3)n2)ccc1-c1ccccc1-n1c2ccccc2c2cc(C(F)(F)F)ccc21. The zero-order valence-corrected chi connectivity index (χ0v) is 32.9. The maximum atomic E-state index is 14.1. The average molecular weight is 797 g/mol. The molecule has 0 aliphatic carbocycles. The Bertz CT molecular complexity index is 3420. The van der Waals surface area contributed by atoms with Gasteiger partial charge in [-0.3, -0.25) is 0 Å². The molecule has 0 bridgehead atoms. The molecule has 8 aromatic carbocycles. The Morgan fingerprint density at radius 1 is 0.393 bits per heavy atom. The summed E-state index contributed by atoms with van der Waals surface area (Å²) in [6.45, 7) is 2.11. The molecule has 11 aromatic rings. The highest BCUT2D eigenvalue weighted by atomic mass is 19.4. The Hall–Kier alpha value is -7.77. The minimum Gasteiger partial charge on any atom is -0.309 e. The van der Waals surface area contributed by atoms with E-state index in [9.17, 15) is 13.2 Å². The molecule has 0 aliphatic rings. The van der Waals surface area contributed by atoms with Crippen LogP contribution in [0.1, 0.15) is 11.1 Å². The number of fused-ring (bicyclic) bond motifs is 6. The number of aromatic nitrogens is 4. The van der Waals surface area contributed by atoms with Crippen LogP contribution in [0.15, 0.2) is 194 Å². The highest BCUT2D eigenvalue weighted by Crippen LogP contribution is 2.43. The highest BCUT2D eigenvalue weighted by Gasteiger charge is 2.31. The Balaban J connectivity index is 1.21. The lowest BCUT2D eigenvalue weighted by Gasteiger charge is -2.20. The second kappa shape index (κ2) is 14.2. The first-order valence-corrected chi connectivity index (χ1v) is 20.1. The number of hydrogen-bond donors (Lipinski definition) is 0. The summed E-state index contributed by atoms with van der Waals surface area (Å²) in [5, 5.41) is 3.55. The molecule has 0 amide bonds. The molecule has 0 atom stereocenters. The number of aryl methyl sites for hydroxylation is 1. The third kappa shape index (κ3) is 6.16. The van der Waals surface area contributed by atoms with Crippen LogP contribution in [-0.4, -0.2) is 19.1 Å². The van der Waals surface area contributed by atoms with Crippen molar-refractivity contribution in [3.63, 3.8) is 0 Å². The lowest BCUT2D eigenvalue weighted by molar-refractivity contribution is -0.137. The zero-order valence-electron chi connectivity index (χ0n) is 32.9. The van der Waals surface area contributed by atoms with Crippen LogP contribution in [0, 0.1) is 6.92 Å². The number of hydrogen-bond acceptors (Lipinski definition) is 2. The van der Waals surface area contributed by atoms with Gasteiger partial charge in [0, 0.05) is 49.4 Å². The first-order valence-electron chi connectivity index (χ1n) is 20.1. The summed E-state index contributed by atoms with van der Waals surface area (Å²) in [5.41, 5.74) is 12.1. The molecule has 7 heteroatoms. The van der Waals surface area contributed by atoms with E-state index in [2.05, 4.69) is 107 Å². The van der Waals surface area contributed by atoms with Crippen molar-refractivity contribution in [2.24, 2.45) is 0 Å². The van der Waals surface area contributed by atoms with Crippen LogP contribution in [0.3, 0.4) is 0 Å². The van der Waals surface area contributed by atoms with Crippen LogP contribution in [0.2, 0.25) is 0 Å². The fraction of sp³-hybridized carbons (Fsp3) is 0.0370. The predicted molar refractivity (Wildman–Crippen MR) is 242 cm³/mol. The number of alkyl halides is 3. The molecular weight excluding hydrogens is 762 g/mol. The minimum atomic E-state index is -4.47. The van der Waals surface area contributed by atoms with Gasteiger partial charge in [-0.2, -0.15) is 13.2 Å². The maximum absolute atomic E-state index is 14.1. The monoisotopic (exact) mass is 796 g/mol. The molecule has 61 heavy (non-hydrogen) atoms. The molecule has 4 nitrogen and oxygen atoms in total. The number of benzene rings is 8. The largest absolute Gasteiger partial charge is 0.416 e. The third-order valence-electron chi connectivity index (χ3n) is 11.6. The van der Waals surface area contributed by atoms with Gasteiger partial charge in [-0.1, -0.05) is 139 Å². The van der Waals surface area contributed by atoms with Gasteiger partial charge < -0.3 is 9.13 Å². The minimum absolute atomic E-state index is 0.540. The molecule has 3 aromatic heterocycles. The Labute approximate surface area is 349 Å². The van der Waals surface area contributed by atoms with Crippen LogP contribution in [-0.2, 0) is 6.18 Å². The fourth-order valence-electron chi connectivity index (χ4n) is 8.82. The molecular formula is C54H35F3N4. The molecule has 0 N–H and O–H groups in total. The Kier molecular flexibility index (Phi) is 8.46. The van der Waals surface area contributed by atoms with Crippen molar-refractivity contribution < 1.29 is 13.2 Å². The fourth-order valence-corrected chi connectivity index (χ4v) is 8.82. The van der Waals surface area contributed by atoms with Gasteiger partial charge in [0.2, 0.25) is 0 Å². The second-order valence-electron chi connectivity index (χ2n) is 15.4. The van der Waals surface area contributed by atoms with Gasteiger partial charge in [-0.15, -0.1) is 0 Å². The standard InChI is InChI=1S/C54H35F3N4/c1-34-24-28-50-43(30-34)40-19-9-13-23-49(40)61(50)52-31-37(53-58-45(35-14-4-2-5-15-35)33-46(59-53)36-16-6-3-7-17-36)25-27-42(52)39-18-8-11-21-47(39)60-48-22-12-10-20-41(48)44-32-38(54(55,56)57)26-29-51(44)60/h2-33H,1H3. The molecule has 0 fully saturated rings. The maximum Gasteiger partial charge on any atom is 0.416 e. The van der Waals surface area contributed by atoms with Crippen molar-refractivity contribution in [1.29, 1.82) is 0 Å². The molecule has 0 aliphatic heterocycles. The molecule has 292 valence electrons. The van der Waals surface area contributed by atoms with Gasteiger partial charge in [-0.25, -0.2) is 9.97 Å². The summed E-state index contributed by atoms with van der Waals surface area (Å²) in [6, 6.07) is 63.6. The first kappa shape index (κ1) is 36.3. The number of rotatable bonds is 6. The van der Waals surface area contributed by atoms with E-state index in [-0.39, 0.29) is 0 Å². The number of halogens is 3. The van der Waals surface area contributed by atoms with Gasteiger partial charge in [0.1, 0.15) is 0 Å². The van der Waals surface area contributed by atoms with E-state index < -0.39 is 11.7 Å². The van der Waals surface area contributed by atoms with Crippen LogP contribution < -0.4 is 0 Å². The summed E-state index contributed by atoms with van der Waals surface area (Å²) < 4.78 is 46.7. The van der Waals surface area contributed by atoms with Gasteiger partial charge in [0.05, 0.1) is 50.4 Å². The van der Waals surface area contributed by atoms with Gasteiger partial charge in [0.15, 0.2) is 5.82 Å². The molecule has 0 saturated heterocycles. The summed E-state index contributed by atoms with van der Waals surface area (Å²) >= 11 is 0. The summed E-state index contributed by atoms with van der Waals surface area (Å²) in [7, 11) is 0. The molecule has 3 heterocycles. The number of para-hydroxylation sites is 3. The molecule has 11 rings (SSSR count). The molecule has 0 unspecified atom stereocenters. The van der Waals surface area contributed by atoms with E-state index >= 15 is 0 Å². The van der Waals surface area contributed by atoms with E-state index in [0.717, 1.165) is 88.9 Å². The van der Waals surface area contributed by atoms with Crippen molar-refractivity contribution in [3.8, 4) is 56.4 Å². The molecule has 0 spiro atoms. The normalized spacial score (nSPS) is 11.9. The smallest absolute Gasteiger partial charge is 0.309 e. The van der Waals surface area contributed by atoms with Crippen molar-refractivity contribution in [2.75, 3.05) is 0 Å². The summed E-state index contributed by atoms with van der Waals surface area (Å²) in [4.78, 5) is 10.4. The van der Waals surface area contributed by atoms with Gasteiger partial charge in [0.25, 0.3) is 0 Å². The van der Waals surface area contributed by atoms with E-state index in [0.29, 0.717) is 16.7 Å². The van der Waals surface area contributed by atoms with Crippen LogP contribution in [0.4, 0.5) is 13.2 Å². The summed E-state index contributed by atoms with van der Waals surface area (Å²) in [6.07, 6.45) is -4.47. The van der Waals surface area contributed by atoms with Crippen molar-refractivity contribution in [2.45, 2.75) is 13.1 Å². The zero-order chi connectivity index (χ0) is 41.2. The van der Waals surface area contributed by atoms with Crippen LogP contribution in [0.5, 0.6) is 0 Å². The number of nitrogens with zero attached hydrogens (tertiary/aromatic N) is 4. The van der Waals surface area contributed by atoms with Crippen molar-refractivity contribution in [1.82, 2.24) is 19.1 Å². The highest BCUT2D eigenvalue weighted by molar-refractivity contribution is 6.12. The lowest BCUT2D eigenvalue weighted by atomic mass is 9.98. The first-order chi connectivity index (χ1) is 29.8. The third-order valence-corrected chi connectivity index (χ3v) is 11.6. The molecule has 0 saturated carbocycles. The summed E-state index contributed by atoms with van der Waals surface area (Å²) in [5.74, 6) is 0.584. The Morgan fingerprint density at radius 3 is 1.54 bits per heavy atom. The van der Waals surface area contributed by atoms with Crippen LogP contribution >= 0.6 is 0 Å². The van der Waals surface area contributed by atoms with E-state index in [1.54, 1.807) is 6.07 Å². The van der Waals surface area contributed by atoms with E-state index in [1.165, 1.54) is 12.1 Å². The molecule has 0 radical (unpaired) electrons. The van der Waals surface area contributed by atoms with Gasteiger partial charge >= 0.3 is 6.18 Å². The quantitative estimate of drug-likeness (QED) is 0.168. The second-order valence-corrected chi connectivity index (χ2v) is 15.4.